The van der Waals surface area contributed by atoms with Crippen LogP contribution < -0.4 is 0 Å². The first-order valence-electron chi connectivity index (χ1n) is 44.6. The van der Waals surface area contributed by atoms with Gasteiger partial charge in [0.1, 0.15) is 0 Å². The lowest BCUT2D eigenvalue weighted by Crippen LogP contribution is -2.43. The molecular weight excluding hydrogens is 1310 g/mol. The molecule has 0 aromatic carbocycles. The molecule has 0 N–H and O–H groups in total. The van der Waals surface area contributed by atoms with Crippen molar-refractivity contribution in [3.05, 3.63) is 212 Å². The number of allylic oxidation sites excluding steroid dienone is 30. The number of unbranched alkanes of at least 4 members (excludes halogenated alkanes) is 6. The van der Waals surface area contributed by atoms with Gasteiger partial charge in [-0.05, 0) is 315 Å². The summed E-state index contributed by atoms with van der Waals surface area (Å²) in [6, 6.07) is 0.943. The second kappa shape index (κ2) is 35.5. The zero-order chi connectivity index (χ0) is 76.1. The molecule has 0 bridgehead atoms. The normalized spacial score (nSPS) is 32.2. The van der Waals surface area contributed by atoms with E-state index in [2.05, 4.69) is 260 Å². The summed E-state index contributed by atoms with van der Waals surface area (Å²) in [6.07, 6.45) is 94.7. The molecule has 8 heteroatoms. The summed E-state index contributed by atoms with van der Waals surface area (Å²) in [5.41, 5.74) is 18.7. The van der Waals surface area contributed by atoms with Gasteiger partial charge in [-0.1, -0.05) is 225 Å². The lowest BCUT2D eigenvalue weighted by atomic mass is 9.64. The molecule has 13 aliphatic rings. The molecule has 2 heterocycles. The van der Waals surface area contributed by atoms with Crippen molar-refractivity contribution in [1.82, 2.24) is 9.80 Å². The second-order valence-electron chi connectivity index (χ2n) is 38.8. The standard InChI is InChI=1S/C100H144B2N2O4/c1-17-19-21-23-25-83-67-96(94-62-60-92(66-72(94)8)104(88-53-41-80(42-54-88)76-33-29-74(30-34-76)64-70(5)6)90-57-45-82(46-58-90)78-37-49-86(50-38-78)102-107-99(13,14)100(15,16)108-102)84(26-24-22-20-18-2)68-95(83)93-61-59-91(65-71(93)7)103(87-51-39-79(40-52-87)75-31-27-73(28-32-75)63-69(3)4)89-55-43-81(44-56-89)77-35-47-85(48-36-77)101-105-97(9,10)98(11,12)106-101/h27,31,33,35,37,39,41,43,45,47-49,51-53,55,57-58,61,65-70,74,77-79,81-83,86,89,91-92,94-95H,17-26,28-30,32,34,36,38,40,42,44,46,50,54,56,59-60,62-64H2,1-16H3. The molecule has 108 heavy (non-hydrogen) atoms. The predicted octanol–water partition coefficient (Wildman–Crippen LogP) is 26.9. The Morgan fingerprint density at radius 1 is 0.500 bits per heavy atom. The lowest BCUT2D eigenvalue weighted by Gasteiger charge is -2.44. The smallest absolute Gasteiger partial charge is 0.403 e. The average molecular weight is 1460 g/mol. The quantitative estimate of drug-likeness (QED) is 0.0442. The van der Waals surface area contributed by atoms with E-state index in [9.17, 15) is 0 Å². The highest BCUT2D eigenvalue weighted by molar-refractivity contribution is 6.55. The van der Waals surface area contributed by atoms with Gasteiger partial charge in [0.15, 0.2) is 0 Å². The topological polar surface area (TPSA) is 43.4 Å². The van der Waals surface area contributed by atoms with Crippen LogP contribution in [0.2, 0.25) is 5.82 Å². The molecule has 0 aromatic heterocycles. The minimum absolute atomic E-state index is 0.170. The Morgan fingerprint density at radius 3 is 1.78 bits per heavy atom. The summed E-state index contributed by atoms with van der Waals surface area (Å²) < 4.78 is 26.2. The molecule has 0 saturated carbocycles. The molecule has 2 saturated heterocycles. The molecule has 11 aliphatic carbocycles. The first-order chi connectivity index (χ1) is 51.8. The van der Waals surface area contributed by atoms with Crippen molar-refractivity contribution in [2.24, 2.45) is 65.1 Å². The molecular formula is C100H144B2N2O4. The molecule has 0 amide bonds. The number of rotatable bonds is 28. The van der Waals surface area contributed by atoms with E-state index in [-0.39, 0.29) is 42.7 Å². The number of nitrogens with zero attached hydrogens (tertiary/aromatic N) is 2. The summed E-state index contributed by atoms with van der Waals surface area (Å²) in [5, 5.41) is 0. The van der Waals surface area contributed by atoms with Crippen LogP contribution in [0.3, 0.4) is 0 Å². The van der Waals surface area contributed by atoms with E-state index in [1.54, 1.807) is 44.6 Å². The Hall–Kier alpha value is -5.11. The zero-order valence-corrected chi connectivity index (χ0v) is 70.6. The maximum Gasteiger partial charge on any atom is 0.494 e. The van der Waals surface area contributed by atoms with Gasteiger partial charge in [-0.15, -0.1) is 0 Å². The van der Waals surface area contributed by atoms with Crippen molar-refractivity contribution in [2.45, 2.75) is 343 Å². The molecule has 2 aliphatic heterocycles. The fourth-order valence-electron chi connectivity index (χ4n) is 21.0. The zero-order valence-electron chi connectivity index (χ0n) is 70.6. The van der Waals surface area contributed by atoms with Crippen LogP contribution in [0.15, 0.2) is 212 Å². The van der Waals surface area contributed by atoms with Gasteiger partial charge in [0.05, 0.1) is 34.5 Å². The second-order valence-corrected chi connectivity index (χ2v) is 38.8. The third-order valence-corrected chi connectivity index (χ3v) is 28.9. The Kier molecular flexibility index (Phi) is 26.6. The van der Waals surface area contributed by atoms with Gasteiger partial charge in [0, 0.05) is 46.7 Å². The van der Waals surface area contributed by atoms with Gasteiger partial charge in [-0.3, -0.25) is 0 Å². The highest BCUT2D eigenvalue weighted by atomic mass is 16.7. The maximum absolute atomic E-state index is 6.58. The van der Waals surface area contributed by atoms with Gasteiger partial charge in [-0.2, -0.15) is 0 Å². The summed E-state index contributed by atoms with van der Waals surface area (Å²) in [4.78, 5) is 5.71. The van der Waals surface area contributed by atoms with Crippen molar-refractivity contribution >= 4 is 14.2 Å². The Bertz CT molecular complexity index is 3750. The molecule has 0 aromatic rings. The molecule has 2 fully saturated rings. The van der Waals surface area contributed by atoms with E-state index in [4.69, 9.17) is 18.6 Å². The molecule has 13 unspecified atom stereocenters. The van der Waals surface area contributed by atoms with Crippen LogP contribution in [0, 0.1) is 65.1 Å². The largest absolute Gasteiger partial charge is 0.494 e. The molecule has 6 nitrogen and oxygen atoms in total. The Morgan fingerprint density at radius 2 is 1.19 bits per heavy atom. The van der Waals surface area contributed by atoms with Gasteiger partial charge >= 0.3 is 14.2 Å². The third kappa shape index (κ3) is 18.9. The minimum atomic E-state index is -0.341. The SMILES string of the molecule is CCCCCCC1=CC(C2=CCC(N(C3=CCC(C4=CC=C(CC(C)C)CC4)C=C3)C3C=CC(C4C=CC(B5OC(C)(C)C(C)(C)O5)=CC4)CC3)C=C2C)C(CCCCCC)C=C1C1CCC(N(C2=CCC(C3C=CC(B4OC(C)(C)C(C)(C)O4)CC3)C=C2)C2=CC=C(C3=CCC(CC(C)C)CC3)CC2)C=C1C. The van der Waals surface area contributed by atoms with Crippen molar-refractivity contribution in [3.8, 4) is 0 Å². The Balaban J connectivity index is 0.759. The van der Waals surface area contributed by atoms with Gasteiger partial charge < -0.3 is 28.4 Å². The average Bonchev–Trinajstić information content (AvgIpc) is 0.997. The summed E-state index contributed by atoms with van der Waals surface area (Å²) in [5.74, 6) is 6.43. The fourth-order valence-corrected chi connectivity index (χ4v) is 21.0. The van der Waals surface area contributed by atoms with E-state index >= 15 is 0 Å². The summed E-state index contributed by atoms with van der Waals surface area (Å²) in [6.45, 7) is 36.7. The number of hydrogen-bond acceptors (Lipinski definition) is 6. The molecule has 0 radical (unpaired) electrons. The van der Waals surface area contributed by atoms with Crippen LogP contribution in [0.1, 0.15) is 297 Å². The summed E-state index contributed by atoms with van der Waals surface area (Å²) >= 11 is 0. The molecule has 13 atom stereocenters. The molecule has 13 rings (SSSR count). The minimum Gasteiger partial charge on any atom is -0.403 e. The van der Waals surface area contributed by atoms with E-state index in [1.165, 1.54) is 157 Å². The molecule has 0 spiro atoms. The monoisotopic (exact) mass is 1460 g/mol. The lowest BCUT2D eigenvalue weighted by molar-refractivity contribution is 0.00578. The van der Waals surface area contributed by atoms with Crippen LogP contribution in [-0.4, -0.2) is 64.6 Å². The maximum atomic E-state index is 6.58. The highest BCUT2D eigenvalue weighted by Crippen LogP contribution is 2.51. The van der Waals surface area contributed by atoms with Crippen LogP contribution in [0.25, 0.3) is 0 Å². The molecule has 584 valence electrons. The first kappa shape index (κ1) is 80.9. The van der Waals surface area contributed by atoms with Gasteiger partial charge in [-0.25, -0.2) is 0 Å². The van der Waals surface area contributed by atoms with Crippen molar-refractivity contribution in [2.75, 3.05) is 0 Å². The first-order valence-corrected chi connectivity index (χ1v) is 44.6. The third-order valence-electron chi connectivity index (χ3n) is 28.9. The van der Waals surface area contributed by atoms with Crippen molar-refractivity contribution in [1.29, 1.82) is 0 Å². The Labute approximate surface area is 659 Å². The van der Waals surface area contributed by atoms with Crippen molar-refractivity contribution < 1.29 is 18.6 Å². The van der Waals surface area contributed by atoms with Crippen LogP contribution in [0.5, 0.6) is 0 Å². The number of hydrogen-bond donors (Lipinski definition) is 0. The van der Waals surface area contributed by atoms with Gasteiger partial charge in [0.2, 0.25) is 0 Å². The van der Waals surface area contributed by atoms with Gasteiger partial charge in [0.25, 0.3) is 0 Å². The van der Waals surface area contributed by atoms with Crippen LogP contribution >= 0.6 is 0 Å². The highest BCUT2D eigenvalue weighted by Gasteiger charge is 2.55. The van der Waals surface area contributed by atoms with Crippen LogP contribution in [0.4, 0.5) is 0 Å². The van der Waals surface area contributed by atoms with Crippen LogP contribution in [-0.2, 0) is 18.6 Å². The van der Waals surface area contributed by atoms with Crippen molar-refractivity contribution in [3.63, 3.8) is 0 Å². The van der Waals surface area contributed by atoms with E-state index < -0.39 is 0 Å². The predicted molar refractivity (Wildman–Crippen MR) is 459 cm³/mol. The fraction of sp³-hybridized carbons (Fsp3) is 0.640. The van der Waals surface area contributed by atoms with E-state index in [0.717, 1.165) is 69.6 Å². The van der Waals surface area contributed by atoms with E-state index in [1.807, 2.05) is 0 Å². The summed E-state index contributed by atoms with van der Waals surface area (Å²) in [7, 11) is -0.473. The van der Waals surface area contributed by atoms with E-state index in [0.29, 0.717) is 71.2 Å².